The van der Waals surface area contributed by atoms with Crippen molar-refractivity contribution in [3.8, 4) is 0 Å². The van der Waals surface area contributed by atoms with E-state index >= 15 is 0 Å². The van der Waals surface area contributed by atoms with Crippen LogP contribution in [0.1, 0.15) is 102 Å². The fourth-order valence-electron chi connectivity index (χ4n) is 5.10. The first kappa shape index (κ1) is 31.8. The zero-order chi connectivity index (χ0) is 24.9. The van der Waals surface area contributed by atoms with Gasteiger partial charge in [-0.15, -0.1) is 0 Å². The number of rotatable bonds is 17. The SMILES string of the molecule is CCCCCCCCCCCCCCCC1Nc2cccc(S(=O)(=O)[O-])c2N1Cc1ccccc1.[K+]. The van der Waals surface area contributed by atoms with Gasteiger partial charge in [0.15, 0.2) is 0 Å². The number of hydrogen-bond donors (Lipinski definition) is 1. The van der Waals surface area contributed by atoms with Gasteiger partial charge in [0.2, 0.25) is 0 Å². The molecule has 2 aromatic rings. The van der Waals surface area contributed by atoms with Crippen LogP contribution in [0.4, 0.5) is 11.4 Å². The van der Waals surface area contributed by atoms with Gasteiger partial charge in [0, 0.05) is 6.54 Å². The van der Waals surface area contributed by atoms with E-state index in [0.717, 1.165) is 24.1 Å². The van der Waals surface area contributed by atoms with Crippen LogP contribution in [0.15, 0.2) is 53.4 Å². The first-order chi connectivity index (χ1) is 17.0. The third kappa shape index (κ3) is 10.4. The molecule has 0 fully saturated rings. The van der Waals surface area contributed by atoms with Gasteiger partial charge in [-0.1, -0.05) is 120 Å². The number of hydrogen-bond acceptors (Lipinski definition) is 5. The Morgan fingerprint density at radius 2 is 1.33 bits per heavy atom. The van der Waals surface area contributed by atoms with Crippen molar-refractivity contribution in [1.82, 2.24) is 0 Å². The van der Waals surface area contributed by atoms with Gasteiger partial charge in [0.1, 0.15) is 10.1 Å². The van der Waals surface area contributed by atoms with Crippen molar-refractivity contribution in [2.24, 2.45) is 0 Å². The number of nitrogens with one attached hydrogen (secondary N) is 1. The van der Waals surface area contributed by atoms with E-state index in [0.29, 0.717) is 12.2 Å². The van der Waals surface area contributed by atoms with E-state index in [1.54, 1.807) is 6.07 Å². The van der Waals surface area contributed by atoms with Crippen molar-refractivity contribution in [2.75, 3.05) is 10.2 Å². The van der Waals surface area contributed by atoms with Gasteiger partial charge in [0.05, 0.1) is 22.4 Å². The molecule has 36 heavy (non-hydrogen) atoms. The Labute approximate surface area is 262 Å². The van der Waals surface area contributed by atoms with Crippen molar-refractivity contribution in [1.29, 1.82) is 0 Å². The first-order valence-electron chi connectivity index (χ1n) is 13.7. The molecule has 0 saturated carbocycles. The summed E-state index contributed by atoms with van der Waals surface area (Å²) in [4.78, 5) is 1.93. The summed E-state index contributed by atoms with van der Waals surface area (Å²) in [6, 6.07) is 14.9. The van der Waals surface area contributed by atoms with Gasteiger partial charge >= 0.3 is 51.4 Å². The molecule has 2 aromatic carbocycles. The minimum Gasteiger partial charge on any atom is -0.744 e. The quantitative estimate of drug-likeness (QED) is 0.177. The van der Waals surface area contributed by atoms with Crippen LogP contribution in [0.2, 0.25) is 0 Å². The molecular weight excluding hydrogens is 495 g/mol. The van der Waals surface area contributed by atoms with Gasteiger partial charge in [0.25, 0.3) is 0 Å². The van der Waals surface area contributed by atoms with Crippen LogP contribution in [0.25, 0.3) is 0 Å². The van der Waals surface area contributed by atoms with Gasteiger partial charge < -0.3 is 14.8 Å². The fraction of sp³-hybridized carbons (Fsp3) is 0.586. The molecule has 3 rings (SSSR count). The fourth-order valence-corrected chi connectivity index (χ4v) is 5.81. The van der Waals surface area contributed by atoms with Gasteiger partial charge in [-0.05, 0) is 30.5 Å². The van der Waals surface area contributed by atoms with Crippen LogP contribution in [0.3, 0.4) is 0 Å². The van der Waals surface area contributed by atoms with E-state index < -0.39 is 10.1 Å². The number of nitrogens with zero attached hydrogens (tertiary/aromatic N) is 1. The molecule has 0 bridgehead atoms. The molecule has 0 radical (unpaired) electrons. The maximum Gasteiger partial charge on any atom is 1.00 e. The average molecular weight is 539 g/mol. The number of para-hydroxylation sites is 1. The Kier molecular flexibility index (Phi) is 15.2. The second-order valence-electron chi connectivity index (χ2n) is 9.91. The maximum absolute atomic E-state index is 12.0. The standard InChI is InChI=1S/C29H44N2O3S.K/c1-2-3-4-5-6-7-8-9-10-11-12-13-17-23-28-30-26-21-18-22-27(35(32,33)34)29(26)31(28)24-25-19-15-14-16-20-25;/h14-16,18-22,28,30H,2-13,17,23-24H2,1H3,(H,32,33,34);/q;+1/p-1. The normalized spacial score (nSPS) is 14.8. The summed E-state index contributed by atoms with van der Waals surface area (Å²) in [6.07, 6.45) is 18.0. The minimum absolute atomic E-state index is 0. The van der Waals surface area contributed by atoms with E-state index in [9.17, 15) is 13.0 Å². The van der Waals surface area contributed by atoms with Crippen LogP contribution >= 0.6 is 0 Å². The molecule has 1 unspecified atom stereocenters. The third-order valence-corrected chi connectivity index (χ3v) is 7.90. The van der Waals surface area contributed by atoms with Crippen LogP contribution in [0, 0.1) is 0 Å². The molecule has 0 aromatic heterocycles. The van der Waals surface area contributed by atoms with Crippen LogP contribution < -0.4 is 61.6 Å². The van der Waals surface area contributed by atoms with Crippen LogP contribution in [-0.4, -0.2) is 19.1 Å². The predicted octanol–water partition coefficient (Wildman–Crippen LogP) is 4.83. The summed E-state index contributed by atoms with van der Waals surface area (Å²) in [5.41, 5.74) is 2.35. The van der Waals surface area contributed by atoms with Gasteiger partial charge in [-0.2, -0.15) is 0 Å². The second kappa shape index (κ2) is 17.2. The molecule has 1 N–H and O–H groups in total. The molecule has 0 spiro atoms. The molecule has 1 aliphatic heterocycles. The number of benzene rings is 2. The Morgan fingerprint density at radius 3 is 1.89 bits per heavy atom. The van der Waals surface area contributed by atoms with Gasteiger partial charge in [-0.25, -0.2) is 8.42 Å². The predicted molar refractivity (Wildman–Crippen MR) is 145 cm³/mol. The van der Waals surface area contributed by atoms with E-state index in [1.807, 2.05) is 36.4 Å². The Bertz CT molecular complexity index is 985. The van der Waals surface area contributed by atoms with E-state index in [4.69, 9.17) is 0 Å². The zero-order valence-corrected chi connectivity index (χ0v) is 26.3. The summed E-state index contributed by atoms with van der Waals surface area (Å²) >= 11 is 0. The maximum atomic E-state index is 12.0. The molecule has 1 aliphatic rings. The Hall–Kier alpha value is -0.414. The molecule has 5 nitrogen and oxygen atoms in total. The number of anilines is 2. The summed E-state index contributed by atoms with van der Waals surface area (Å²) in [7, 11) is -4.56. The van der Waals surface area contributed by atoms with Crippen molar-refractivity contribution in [3.63, 3.8) is 0 Å². The molecular formula is C29H43KN2O3S. The Morgan fingerprint density at radius 1 is 0.778 bits per heavy atom. The summed E-state index contributed by atoms with van der Waals surface area (Å²) in [5, 5.41) is 3.48. The molecule has 0 aliphatic carbocycles. The largest absolute Gasteiger partial charge is 1.00 e. The minimum atomic E-state index is -4.56. The van der Waals surface area contributed by atoms with Crippen LogP contribution in [-0.2, 0) is 16.7 Å². The van der Waals surface area contributed by atoms with Crippen molar-refractivity contribution in [2.45, 2.75) is 114 Å². The second-order valence-corrected chi connectivity index (χ2v) is 11.3. The van der Waals surface area contributed by atoms with E-state index in [1.165, 1.54) is 83.1 Å². The molecule has 0 amide bonds. The zero-order valence-electron chi connectivity index (χ0n) is 22.4. The van der Waals surface area contributed by atoms with E-state index in [2.05, 4.69) is 17.1 Å². The van der Waals surface area contributed by atoms with Crippen molar-refractivity contribution >= 4 is 21.5 Å². The summed E-state index contributed by atoms with van der Waals surface area (Å²) in [5.74, 6) is 0. The van der Waals surface area contributed by atoms with Gasteiger partial charge in [-0.3, -0.25) is 0 Å². The number of fused-ring (bicyclic) bond motifs is 1. The molecule has 0 saturated heterocycles. The summed E-state index contributed by atoms with van der Waals surface area (Å²) in [6.45, 7) is 2.83. The third-order valence-electron chi connectivity index (χ3n) is 7.03. The monoisotopic (exact) mass is 538 g/mol. The Balaban J connectivity index is 0.00000456. The first-order valence-corrected chi connectivity index (χ1v) is 15.1. The smallest absolute Gasteiger partial charge is 0.744 e. The topological polar surface area (TPSA) is 72.5 Å². The molecule has 194 valence electrons. The average Bonchev–Trinajstić information content (AvgIpc) is 3.19. The molecule has 1 heterocycles. The van der Waals surface area contributed by atoms with Crippen LogP contribution in [0.5, 0.6) is 0 Å². The molecule has 7 heteroatoms. The number of unbranched alkanes of at least 4 members (excludes halogenated alkanes) is 12. The molecule has 1 atom stereocenters. The van der Waals surface area contributed by atoms with Crippen molar-refractivity contribution < 1.29 is 64.4 Å². The van der Waals surface area contributed by atoms with Crippen molar-refractivity contribution in [3.05, 3.63) is 54.1 Å². The van der Waals surface area contributed by atoms with E-state index in [-0.39, 0.29) is 62.4 Å². The summed E-state index contributed by atoms with van der Waals surface area (Å²) < 4.78 is 35.9.